The van der Waals surface area contributed by atoms with Gasteiger partial charge in [0.15, 0.2) is 0 Å². The van der Waals surface area contributed by atoms with Crippen molar-refractivity contribution in [2.24, 2.45) is 17.8 Å². The molecule has 2 aromatic rings. The Morgan fingerprint density at radius 2 is 1.40 bits per heavy atom. The Bertz CT molecular complexity index is 1140. The minimum absolute atomic E-state index is 0.0283. The van der Waals surface area contributed by atoms with Crippen molar-refractivity contribution in [3.05, 3.63) is 66.7 Å². The van der Waals surface area contributed by atoms with Crippen molar-refractivity contribution in [3.63, 3.8) is 0 Å². The fraction of sp³-hybridized carbons (Fsp3) is 0.485. The molecular formula is C33H42O9. The lowest BCUT2D eigenvalue weighted by Gasteiger charge is -2.36. The van der Waals surface area contributed by atoms with E-state index in [1.54, 1.807) is 24.3 Å². The number of carbonyl (C=O) groups excluding carboxylic acids is 3. The minimum Gasteiger partial charge on any atom is -0.460 e. The van der Waals surface area contributed by atoms with Crippen LogP contribution in [-0.4, -0.2) is 63.8 Å². The zero-order chi connectivity index (χ0) is 30.3. The molecule has 2 aromatic carbocycles. The number of ether oxygens (including phenoxy) is 6. The van der Waals surface area contributed by atoms with Crippen molar-refractivity contribution in [3.8, 4) is 16.9 Å². The molecule has 0 heterocycles. The molecule has 3 unspecified atom stereocenters. The molecule has 0 aliphatic heterocycles. The first-order valence-corrected chi connectivity index (χ1v) is 14.5. The van der Waals surface area contributed by atoms with Gasteiger partial charge >= 0.3 is 18.1 Å². The van der Waals surface area contributed by atoms with Crippen LogP contribution in [0.3, 0.4) is 0 Å². The van der Waals surface area contributed by atoms with Crippen LogP contribution in [-0.2, 0) is 28.5 Å². The molecule has 0 saturated heterocycles. The summed E-state index contributed by atoms with van der Waals surface area (Å²) in [6.07, 6.45) is 3.41. The largest absolute Gasteiger partial charge is 0.513 e. The summed E-state index contributed by atoms with van der Waals surface area (Å²) in [5.74, 6) is 1.01. The molecule has 0 spiro atoms. The van der Waals surface area contributed by atoms with Gasteiger partial charge in [-0.05, 0) is 66.0 Å². The van der Waals surface area contributed by atoms with Crippen LogP contribution >= 0.6 is 0 Å². The van der Waals surface area contributed by atoms with E-state index in [4.69, 9.17) is 28.4 Å². The first-order chi connectivity index (χ1) is 20.3. The van der Waals surface area contributed by atoms with Gasteiger partial charge in [-0.15, -0.1) is 0 Å². The summed E-state index contributed by atoms with van der Waals surface area (Å²) in [7, 11) is 0. The summed E-state index contributed by atoms with van der Waals surface area (Å²) in [6.45, 7) is 11.1. The Balaban J connectivity index is 1.36. The molecule has 3 rings (SSSR count). The first kappa shape index (κ1) is 32.8. The van der Waals surface area contributed by atoms with E-state index < -0.39 is 12.1 Å². The maximum Gasteiger partial charge on any atom is 0.513 e. The highest BCUT2D eigenvalue weighted by atomic mass is 16.7. The Morgan fingerprint density at radius 1 is 0.833 bits per heavy atom. The second-order valence-corrected chi connectivity index (χ2v) is 10.7. The summed E-state index contributed by atoms with van der Waals surface area (Å²) in [4.78, 5) is 35.7. The lowest BCUT2D eigenvalue weighted by Crippen LogP contribution is -2.35. The molecule has 3 atom stereocenters. The van der Waals surface area contributed by atoms with E-state index in [0.717, 1.165) is 30.0 Å². The van der Waals surface area contributed by atoms with Crippen molar-refractivity contribution in [1.29, 1.82) is 0 Å². The Hall–Kier alpha value is -3.69. The van der Waals surface area contributed by atoms with Crippen molar-refractivity contribution in [1.82, 2.24) is 0 Å². The zero-order valence-corrected chi connectivity index (χ0v) is 24.8. The Labute approximate surface area is 248 Å². The van der Waals surface area contributed by atoms with Crippen LogP contribution in [0.15, 0.2) is 61.2 Å². The number of rotatable bonds is 15. The van der Waals surface area contributed by atoms with E-state index in [1.807, 2.05) is 24.3 Å². The molecule has 1 saturated carbocycles. The van der Waals surface area contributed by atoms with E-state index in [-0.39, 0.29) is 38.5 Å². The molecule has 9 heteroatoms. The molecule has 228 valence electrons. The monoisotopic (exact) mass is 582 g/mol. The molecule has 0 bridgehead atoms. The fourth-order valence-corrected chi connectivity index (χ4v) is 4.86. The molecule has 0 amide bonds. The topological polar surface area (TPSA) is 107 Å². The van der Waals surface area contributed by atoms with Gasteiger partial charge in [0.2, 0.25) is 0 Å². The summed E-state index contributed by atoms with van der Waals surface area (Å²) < 4.78 is 31.5. The van der Waals surface area contributed by atoms with E-state index in [0.29, 0.717) is 42.3 Å². The predicted octanol–water partition coefficient (Wildman–Crippen LogP) is 6.25. The van der Waals surface area contributed by atoms with Crippen LogP contribution in [0.5, 0.6) is 5.75 Å². The molecule has 1 aliphatic rings. The summed E-state index contributed by atoms with van der Waals surface area (Å²) in [6, 6.07) is 14.3. The van der Waals surface area contributed by atoms with E-state index in [9.17, 15) is 14.4 Å². The fourth-order valence-electron chi connectivity index (χ4n) is 4.86. The van der Waals surface area contributed by atoms with Gasteiger partial charge in [-0.1, -0.05) is 58.0 Å². The maximum atomic E-state index is 12.9. The third-order valence-electron chi connectivity index (χ3n) is 7.19. The lowest BCUT2D eigenvalue weighted by atomic mass is 9.75. The van der Waals surface area contributed by atoms with Gasteiger partial charge in [0.05, 0.1) is 32.0 Å². The normalized spacial score (nSPS) is 18.2. The van der Waals surface area contributed by atoms with Crippen molar-refractivity contribution < 1.29 is 42.8 Å². The van der Waals surface area contributed by atoms with E-state index in [1.165, 1.54) is 6.42 Å². The van der Waals surface area contributed by atoms with Gasteiger partial charge < -0.3 is 28.4 Å². The molecular weight excluding hydrogens is 540 g/mol. The Morgan fingerprint density at radius 3 is 2.00 bits per heavy atom. The SMILES string of the molecule is C=CC(=O)OCCOCCOCCOC(=O)Oc1ccc(-c2ccc(C(=O)OC3CC(C)CCC3C(C)C)cc2)cc1. The van der Waals surface area contributed by atoms with Gasteiger partial charge in [-0.25, -0.2) is 14.4 Å². The second kappa shape index (κ2) is 17.3. The number of esters is 2. The standard InChI is InChI=1S/C33H42O9/c1-5-31(34)39-20-18-37-16-17-38-19-21-40-33(36)41-28-13-11-26(12-14-28)25-7-9-27(10-8-25)32(35)42-30-22-24(4)6-15-29(30)23(2)3/h5,7-14,23-24,29-30H,1,6,15-22H2,2-4H3. The molecule has 0 radical (unpaired) electrons. The number of carbonyl (C=O) groups is 3. The average Bonchev–Trinajstić information content (AvgIpc) is 2.98. The van der Waals surface area contributed by atoms with Crippen LogP contribution in [0, 0.1) is 17.8 Å². The summed E-state index contributed by atoms with van der Waals surface area (Å²) in [5.41, 5.74) is 2.36. The van der Waals surface area contributed by atoms with E-state index >= 15 is 0 Å². The van der Waals surface area contributed by atoms with Crippen LogP contribution < -0.4 is 4.74 Å². The van der Waals surface area contributed by atoms with Gasteiger partial charge in [-0.3, -0.25) is 0 Å². The molecule has 0 aromatic heterocycles. The highest BCUT2D eigenvalue weighted by molar-refractivity contribution is 5.90. The highest BCUT2D eigenvalue weighted by Crippen LogP contribution is 2.36. The number of benzene rings is 2. The molecule has 1 fully saturated rings. The zero-order valence-electron chi connectivity index (χ0n) is 24.8. The van der Waals surface area contributed by atoms with E-state index in [2.05, 4.69) is 27.4 Å². The van der Waals surface area contributed by atoms with Crippen LogP contribution in [0.1, 0.15) is 50.4 Å². The maximum absolute atomic E-state index is 12.9. The molecule has 1 aliphatic carbocycles. The molecule has 9 nitrogen and oxygen atoms in total. The van der Waals surface area contributed by atoms with Crippen LogP contribution in [0.25, 0.3) is 11.1 Å². The van der Waals surface area contributed by atoms with Crippen LogP contribution in [0.2, 0.25) is 0 Å². The third kappa shape index (κ3) is 10.9. The predicted molar refractivity (Wildman–Crippen MR) is 157 cm³/mol. The van der Waals surface area contributed by atoms with Gasteiger partial charge in [-0.2, -0.15) is 0 Å². The summed E-state index contributed by atoms with van der Waals surface area (Å²) in [5, 5.41) is 0. The number of hydrogen-bond acceptors (Lipinski definition) is 9. The molecule has 42 heavy (non-hydrogen) atoms. The van der Waals surface area contributed by atoms with Gasteiger partial charge in [0.25, 0.3) is 0 Å². The van der Waals surface area contributed by atoms with Crippen molar-refractivity contribution in [2.75, 3.05) is 39.6 Å². The smallest absolute Gasteiger partial charge is 0.460 e. The highest BCUT2D eigenvalue weighted by Gasteiger charge is 2.33. The average molecular weight is 583 g/mol. The molecule has 0 N–H and O–H groups in total. The minimum atomic E-state index is -0.832. The van der Waals surface area contributed by atoms with Gasteiger partial charge in [0.1, 0.15) is 25.1 Å². The first-order valence-electron chi connectivity index (χ1n) is 14.5. The summed E-state index contributed by atoms with van der Waals surface area (Å²) >= 11 is 0. The Kier molecular flexibility index (Phi) is 13.5. The second-order valence-electron chi connectivity index (χ2n) is 10.7. The number of hydrogen-bond donors (Lipinski definition) is 0. The third-order valence-corrected chi connectivity index (χ3v) is 7.19. The quantitative estimate of drug-likeness (QED) is 0.0792. The van der Waals surface area contributed by atoms with Crippen molar-refractivity contribution in [2.45, 2.75) is 46.1 Å². The van der Waals surface area contributed by atoms with Gasteiger partial charge in [0, 0.05) is 6.08 Å². The lowest BCUT2D eigenvalue weighted by molar-refractivity contribution is -0.139. The van der Waals surface area contributed by atoms with Crippen molar-refractivity contribution >= 4 is 18.1 Å². The van der Waals surface area contributed by atoms with Crippen LogP contribution in [0.4, 0.5) is 4.79 Å².